The molecule has 0 amide bonds. The van der Waals surface area contributed by atoms with Crippen molar-refractivity contribution in [1.29, 1.82) is 0 Å². The summed E-state index contributed by atoms with van der Waals surface area (Å²) in [5, 5.41) is 0. The van der Waals surface area contributed by atoms with Crippen molar-refractivity contribution in [2.45, 2.75) is 6.54 Å². The Bertz CT molecular complexity index is 459. The predicted molar refractivity (Wildman–Crippen MR) is 70.5 cm³/mol. The van der Waals surface area contributed by atoms with Gasteiger partial charge >= 0.3 is 0 Å². The van der Waals surface area contributed by atoms with Crippen molar-refractivity contribution in [2.75, 3.05) is 13.6 Å². The van der Waals surface area contributed by atoms with Gasteiger partial charge in [-0.05, 0) is 30.3 Å². The summed E-state index contributed by atoms with van der Waals surface area (Å²) in [6, 6.07) is 14.2. The summed E-state index contributed by atoms with van der Waals surface area (Å²) >= 11 is 0. The fourth-order valence-corrected chi connectivity index (χ4v) is 1.82. The van der Waals surface area contributed by atoms with Crippen molar-refractivity contribution in [1.82, 2.24) is 4.90 Å². The Kier molecular flexibility index (Phi) is 3.78. The van der Waals surface area contributed by atoms with Crippen LogP contribution in [0.25, 0.3) is 5.57 Å². The molecule has 0 saturated carbocycles. The molecular formula is C15H17NO. The summed E-state index contributed by atoms with van der Waals surface area (Å²) in [5.41, 5.74) is 2.32. The highest BCUT2D eigenvalue weighted by Gasteiger charge is 2.05. The van der Waals surface area contributed by atoms with Gasteiger partial charge in [-0.3, -0.25) is 4.90 Å². The number of rotatable bonds is 5. The third kappa shape index (κ3) is 3.33. The quantitative estimate of drug-likeness (QED) is 0.778. The highest BCUT2D eigenvalue weighted by molar-refractivity contribution is 5.64. The first-order valence-electron chi connectivity index (χ1n) is 5.70. The van der Waals surface area contributed by atoms with Gasteiger partial charge in [0.25, 0.3) is 0 Å². The highest BCUT2D eigenvalue weighted by Crippen LogP contribution is 2.14. The van der Waals surface area contributed by atoms with Crippen LogP contribution in [0.5, 0.6) is 0 Å². The Morgan fingerprint density at radius 2 is 1.94 bits per heavy atom. The Morgan fingerprint density at radius 3 is 2.59 bits per heavy atom. The largest absolute Gasteiger partial charge is 0.468 e. The molecule has 2 nitrogen and oxygen atoms in total. The molecule has 0 bridgehead atoms. The average molecular weight is 227 g/mol. The molecule has 0 atom stereocenters. The number of benzene rings is 1. The molecule has 1 heterocycles. The molecule has 17 heavy (non-hydrogen) atoms. The first-order chi connectivity index (χ1) is 8.25. The molecule has 0 aliphatic carbocycles. The SMILES string of the molecule is C=C(CN(C)Cc1ccco1)c1ccccc1. The minimum absolute atomic E-state index is 0.804. The molecule has 0 saturated heterocycles. The maximum absolute atomic E-state index is 5.32. The number of hydrogen-bond donors (Lipinski definition) is 0. The van der Waals surface area contributed by atoms with Crippen LogP contribution in [0.1, 0.15) is 11.3 Å². The smallest absolute Gasteiger partial charge is 0.117 e. The van der Waals surface area contributed by atoms with Gasteiger partial charge in [-0.15, -0.1) is 0 Å². The lowest BCUT2D eigenvalue weighted by atomic mass is 10.1. The van der Waals surface area contributed by atoms with Crippen LogP contribution in [-0.2, 0) is 6.54 Å². The zero-order valence-electron chi connectivity index (χ0n) is 10.1. The van der Waals surface area contributed by atoms with Gasteiger partial charge in [-0.1, -0.05) is 36.9 Å². The van der Waals surface area contributed by atoms with Gasteiger partial charge in [0.05, 0.1) is 12.8 Å². The summed E-state index contributed by atoms with van der Waals surface area (Å²) in [6.45, 7) is 5.76. The third-order valence-electron chi connectivity index (χ3n) is 2.65. The van der Waals surface area contributed by atoms with E-state index in [9.17, 15) is 0 Å². The minimum atomic E-state index is 0.804. The van der Waals surface area contributed by atoms with E-state index in [1.54, 1.807) is 6.26 Å². The van der Waals surface area contributed by atoms with Crippen molar-refractivity contribution in [2.24, 2.45) is 0 Å². The number of furan rings is 1. The van der Waals surface area contributed by atoms with Crippen LogP contribution < -0.4 is 0 Å². The van der Waals surface area contributed by atoms with Gasteiger partial charge in [-0.2, -0.15) is 0 Å². The molecule has 0 unspecified atom stereocenters. The van der Waals surface area contributed by atoms with Crippen LogP contribution in [0.4, 0.5) is 0 Å². The third-order valence-corrected chi connectivity index (χ3v) is 2.65. The van der Waals surface area contributed by atoms with E-state index >= 15 is 0 Å². The van der Waals surface area contributed by atoms with Gasteiger partial charge in [0.1, 0.15) is 5.76 Å². The van der Waals surface area contributed by atoms with E-state index < -0.39 is 0 Å². The van der Waals surface area contributed by atoms with Crippen molar-refractivity contribution in [3.05, 3.63) is 66.6 Å². The normalized spacial score (nSPS) is 10.7. The summed E-state index contributed by atoms with van der Waals surface area (Å²) in [7, 11) is 2.07. The van der Waals surface area contributed by atoms with E-state index in [1.807, 2.05) is 30.3 Å². The molecule has 0 aliphatic heterocycles. The fraction of sp³-hybridized carbons (Fsp3) is 0.200. The molecule has 0 spiro atoms. The minimum Gasteiger partial charge on any atom is -0.468 e. The lowest BCUT2D eigenvalue weighted by Crippen LogP contribution is -2.19. The molecule has 2 aromatic rings. The molecule has 0 radical (unpaired) electrons. The second kappa shape index (κ2) is 5.51. The molecule has 2 heteroatoms. The van der Waals surface area contributed by atoms with Gasteiger partial charge in [-0.25, -0.2) is 0 Å². The molecule has 1 aromatic carbocycles. The van der Waals surface area contributed by atoms with Crippen LogP contribution >= 0.6 is 0 Å². The Hall–Kier alpha value is -1.80. The standard InChI is InChI=1S/C15H17NO/c1-13(14-7-4-3-5-8-14)11-16(2)12-15-9-6-10-17-15/h3-10H,1,11-12H2,2H3. The van der Waals surface area contributed by atoms with Crippen LogP contribution in [0, 0.1) is 0 Å². The predicted octanol–water partition coefficient (Wildman–Crippen LogP) is 3.42. The van der Waals surface area contributed by atoms with Crippen LogP contribution in [-0.4, -0.2) is 18.5 Å². The number of likely N-dealkylation sites (N-methyl/N-ethyl adjacent to an activating group) is 1. The van der Waals surface area contributed by atoms with E-state index in [0.717, 1.165) is 24.4 Å². The highest BCUT2D eigenvalue weighted by atomic mass is 16.3. The average Bonchev–Trinajstić information content (AvgIpc) is 2.82. The summed E-state index contributed by atoms with van der Waals surface area (Å²) in [6.07, 6.45) is 1.70. The van der Waals surface area contributed by atoms with E-state index in [0.29, 0.717) is 0 Å². The second-order valence-electron chi connectivity index (χ2n) is 4.22. The van der Waals surface area contributed by atoms with Crippen molar-refractivity contribution in [3.8, 4) is 0 Å². The molecule has 0 fully saturated rings. The van der Waals surface area contributed by atoms with Crippen LogP contribution in [0.2, 0.25) is 0 Å². The van der Waals surface area contributed by atoms with E-state index in [1.165, 1.54) is 5.56 Å². The monoisotopic (exact) mass is 227 g/mol. The molecule has 88 valence electrons. The van der Waals surface area contributed by atoms with Gasteiger partial charge in [0, 0.05) is 6.54 Å². The second-order valence-corrected chi connectivity index (χ2v) is 4.22. The number of nitrogens with zero attached hydrogens (tertiary/aromatic N) is 1. The molecular weight excluding hydrogens is 210 g/mol. The molecule has 1 aromatic heterocycles. The van der Waals surface area contributed by atoms with Crippen molar-refractivity contribution < 1.29 is 4.42 Å². The maximum atomic E-state index is 5.32. The summed E-state index contributed by atoms with van der Waals surface area (Å²) in [5.74, 6) is 0.980. The summed E-state index contributed by atoms with van der Waals surface area (Å²) in [4.78, 5) is 2.19. The Labute approximate surface area is 102 Å². The lowest BCUT2D eigenvalue weighted by Gasteiger charge is -2.16. The van der Waals surface area contributed by atoms with Crippen LogP contribution in [0.15, 0.2) is 59.7 Å². The molecule has 0 N–H and O–H groups in total. The zero-order chi connectivity index (χ0) is 12.1. The van der Waals surface area contributed by atoms with E-state index in [2.05, 4.69) is 30.7 Å². The van der Waals surface area contributed by atoms with Gasteiger partial charge < -0.3 is 4.42 Å². The summed E-state index contributed by atoms with van der Waals surface area (Å²) < 4.78 is 5.32. The van der Waals surface area contributed by atoms with E-state index in [-0.39, 0.29) is 0 Å². The number of hydrogen-bond acceptors (Lipinski definition) is 2. The van der Waals surface area contributed by atoms with Crippen molar-refractivity contribution >= 4 is 5.57 Å². The molecule has 0 aliphatic rings. The first kappa shape index (κ1) is 11.7. The van der Waals surface area contributed by atoms with E-state index in [4.69, 9.17) is 4.42 Å². The molecule has 2 rings (SSSR count). The Morgan fingerprint density at radius 1 is 1.18 bits per heavy atom. The fourth-order valence-electron chi connectivity index (χ4n) is 1.82. The lowest BCUT2D eigenvalue weighted by molar-refractivity contribution is 0.326. The van der Waals surface area contributed by atoms with Gasteiger partial charge in [0.2, 0.25) is 0 Å². The van der Waals surface area contributed by atoms with Gasteiger partial charge in [0.15, 0.2) is 0 Å². The zero-order valence-corrected chi connectivity index (χ0v) is 10.1. The van der Waals surface area contributed by atoms with Crippen molar-refractivity contribution in [3.63, 3.8) is 0 Å². The first-order valence-corrected chi connectivity index (χ1v) is 5.70. The topological polar surface area (TPSA) is 16.4 Å². The maximum Gasteiger partial charge on any atom is 0.117 e. The van der Waals surface area contributed by atoms with Crippen LogP contribution in [0.3, 0.4) is 0 Å². The Balaban J connectivity index is 1.91.